The Labute approximate surface area is 162 Å². The van der Waals surface area contributed by atoms with Gasteiger partial charge in [0.05, 0.1) is 0 Å². The first-order valence-corrected chi connectivity index (χ1v) is 8.72. The summed E-state index contributed by atoms with van der Waals surface area (Å²) in [7, 11) is 0. The van der Waals surface area contributed by atoms with Crippen LogP contribution in [-0.4, -0.2) is 16.8 Å². The lowest BCUT2D eigenvalue weighted by Crippen LogP contribution is -2.17. The molecule has 1 heterocycles. The standard InChI is InChI=1S/C21H18ClN3O2/c1-13-3-6-16(7-4-13)24-20(26)15-9-10-23-19(11-15)21(27)25-17-8-5-14(2)18(22)12-17/h3-12H,1-2H3,(H,24,26)(H,25,27). The second kappa shape index (κ2) is 8.01. The molecule has 0 radical (unpaired) electrons. The molecular formula is C21H18ClN3O2. The van der Waals surface area contributed by atoms with Crippen molar-refractivity contribution in [2.24, 2.45) is 0 Å². The third kappa shape index (κ3) is 4.71. The van der Waals surface area contributed by atoms with Gasteiger partial charge in [0.1, 0.15) is 5.69 Å². The maximum Gasteiger partial charge on any atom is 0.274 e. The first-order valence-electron chi connectivity index (χ1n) is 8.34. The van der Waals surface area contributed by atoms with Gasteiger partial charge in [-0.2, -0.15) is 0 Å². The van der Waals surface area contributed by atoms with Crippen molar-refractivity contribution in [3.63, 3.8) is 0 Å². The summed E-state index contributed by atoms with van der Waals surface area (Å²) in [6, 6.07) is 15.7. The predicted octanol–water partition coefficient (Wildman–Crippen LogP) is 4.86. The summed E-state index contributed by atoms with van der Waals surface area (Å²) in [6.07, 6.45) is 1.43. The molecule has 0 aliphatic carbocycles. The lowest BCUT2D eigenvalue weighted by molar-refractivity contribution is 0.102. The van der Waals surface area contributed by atoms with Crippen LogP contribution in [0.15, 0.2) is 60.8 Å². The molecule has 1 aromatic heterocycles. The first kappa shape index (κ1) is 18.6. The predicted molar refractivity (Wildman–Crippen MR) is 108 cm³/mol. The van der Waals surface area contributed by atoms with Crippen molar-refractivity contribution in [1.82, 2.24) is 4.98 Å². The molecule has 0 aliphatic rings. The highest BCUT2D eigenvalue weighted by Crippen LogP contribution is 2.20. The van der Waals surface area contributed by atoms with Gasteiger partial charge in [0.25, 0.3) is 11.8 Å². The molecule has 3 rings (SSSR count). The first-order chi connectivity index (χ1) is 12.9. The van der Waals surface area contributed by atoms with E-state index in [4.69, 9.17) is 11.6 Å². The summed E-state index contributed by atoms with van der Waals surface area (Å²) >= 11 is 6.08. The number of halogens is 1. The molecule has 6 heteroatoms. The fourth-order valence-corrected chi connectivity index (χ4v) is 2.58. The minimum atomic E-state index is -0.417. The van der Waals surface area contributed by atoms with E-state index in [2.05, 4.69) is 15.6 Å². The fourth-order valence-electron chi connectivity index (χ4n) is 2.40. The third-order valence-electron chi connectivity index (χ3n) is 3.99. The normalized spacial score (nSPS) is 10.3. The van der Waals surface area contributed by atoms with Gasteiger partial charge in [-0.15, -0.1) is 0 Å². The van der Waals surface area contributed by atoms with Crippen LogP contribution in [0.4, 0.5) is 11.4 Å². The van der Waals surface area contributed by atoms with Gasteiger partial charge in [-0.05, 0) is 55.8 Å². The van der Waals surface area contributed by atoms with Gasteiger partial charge < -0.3 is 10.6 Å². The van der Waals surface area contributed by atoms with Crippen molar-refractivity contribution in [2.45, 2.75) is 13.8 Å². The van der Waals surface area contributed by atoms with Crippen molar-refractivity contribution >= 4 is 34.8 Å². The summed E-state index contributed by atoms with van der Waals surface area (Å²) < 4.78 is 0. The number of nitrogens with zero attached hydrogens (tertiary/aromatic N) is 1. The van der Waals surface area contributed by atoms with Gasteiger partial charge in [0.15, 0.2) is 0 Å². The molecule has 0 atom stereocenters. The monoisotopic (exact) mass is 379 g/mol. The molecule has 2 aromatic carbocycles. The molecule has 2 amide bonds. The Morgan fingerprint density at radius 2 is 1.52 bits per heavy atom. The largest absolute Gasteiger partial charge is 0.322 e. The lowest BCUT2D eigenvalue weighted by Gasteiger charge is -2.08. The van der Waals surface area contributed by atoms with Crippen LogP contribution < -0.4 is 10.6 Å². The number of rotatable bonds is 4. The number of aromatic nitrogens is 1. The number of carbonyl (C=O) groups is 2. The average Bonchev–Trinajstić information content (AvgIpc) is 2.66. The number of benzene rings is 2. The van der Waals surface area contributed by atoms with Crippen LogP contribution in [0.5, 0.6) is 0 Å². The minimum Gasteiger partial charge on any atom is -0.322 e. The highest BCUT2D eigenvalue weighted by Gasteiger charge is 2.13. The van der Waals surface area contributed by atoms with Gasteiger partial charge in [-0.3, -0.25) is 14.6 Å². The average molecular weight is 380 g/mol. The topological polar surface area (TPSA) is 71.1 Å². The highest BCUT2D eigenvalue weighted by atomic mass is 35.5. The van der Waals surface area contributed by atoms with Crippen molar-refractivity contribution in [2.75, 3.05) is 10.6 Å². The van der Waals surface area contributed by atoms with Gasteiger partial charge >= 0.3 is 0 Å². The Kier molecular flexibility index (Phi) is 5.52. The second-order valence-corrected chi connectivity index (χ2v) is 6.58. The van der Waals surface area contributed by atoms with Crippen LogP contribution in [-0.2, 0) is 0 Å². The van der Waals surface area contributed by atoms with Crippen LogP contribution >= 0.6 is 11.6 Å². The maximum absolute atomic E-state index is 12.4. The molecule has 0 bridgehead atoms. The van der Waals surface area contributed by atoms with E-state index >= 15 is 0 Å². The molecule has 0 unspecified atom stereocenters. The molecular weight excluding hydrogens is 362 g/mol. The van der Waals surface area contributed by atoms with E-state index in [9.17, 15) is 9.59 Å². The Morgan fingerprint density at radius 1 is 0.852 bits per heavy atom. The molecule has 3 aromatic rings. The lowest BCUT2D eigenvalue weighted by atomic mass is 10.2. The Balaban J connectivity index is 1.73. The summed E-state index contributed by atoms with van der Waals surface area (Å²) in [6.45, 7) is 3.85. The smallest absolute Gasteiger partial charge is 0.274 e. The van der Waals surface area contributed by atoms with E-state index in [-0.39, 0.29) is 11.6 Å². The molecule has 0 fully saturated rings. The number of hydrogen-bond donors (Lipinski definition) is 2. The summed E-state index contributed by atoms with van der Waals surface area (Å²) in [5, 5.41) is 6.09. The van der Waals surface area contributed by atoms with Crippen LogP contribution in [0.2, 0.25) is 5.02 Å². The zero-order chi connectivity index (χ0) is 19.4. The van der Waals surface area contributed by atoms with Crippen molar-refractivity contribution in [3.05, 3.63) is 88.2 Å². The number of carbonyl (C=O) groups excluding carboxylic acids is 2. The maximum atomic E-state index is 12.4. The molecule has 0 aliphatic heterocycles. The van der Waals surface area contributed by atoms with E-state index in [1.807, 2.05) is 44.2 Å². The number of aryl methyl sites for hydroxylation is 2. The van der Waals surface area contributed by atoms with Gasteiger partial charge in [-0.1, -0.05) is 35.4 Å². The van der Waals surface area contributed by atoms with Crippen molar-refractivity contribution < 1.29 is 9.59 Å². The molecule has 0 saturated heterocycles. The Hall–Kier alpha value is -3.18. The zero-order valence-corrected chi connectivity index (χ0v) is 15.7. The van der Waals surface area contributed by atoms with Gasteiger partial charge in [0.2, 0.25) is 0 Å². The van der Waals surface area contributed by atoms with E-state index in [1.165, 1.54) is 12.3 Å². The molecule has 136 valence electrons. The SMILES string of the molecule is Cc1ccc(NC(=O)c2ccnc(C(=O)Nc3ccc(C)c(Cl)c3)c2)cc1. The summed E-state index contributed by atoms with van der Waals surface area (Å²) in [5.41, 5.74) is 3.75. The Morgan fingerprint density at radius 3 is 2.22 bits per heavy atom. The van der Waals surface area contributed by atoms with E-state index in [0.29, 0.717) is 22.0 Å². The Bertz CT molecular complexity index is 1000. The summed E-state index contributed by atoms with van der Waals surface area (Å²) in [4.78, 5) is 28.9. The number of anilines is 2. The van der Waals surface area contributed by atoms with E-state index in [0.717, 1.165) is 11.1 Å². The van der Waals surface area contributed by atoms with Gasteiger partial charge in [0, 0.05) is 28.2 Å². The zero-order valence-electron chi connectivity index (χ0n) is 14.9. The number of pyridine rings is 1. The number of amides is 2. The fraction of sp³-hybridized carbons (Fsp3) is 0.0952. The van der Waals surface area contributed by atoms with Crippen LogP contribution in [0.25, 0.3) is 0 Å². The minimum absolute atomic E-state index is 0.142. The van der Waals surface area contributed by atoms with Crippen LogP contribution in [0.3, 0.4) is 0 Å². The molecule has 5 nitrogen and oxygen atoms in total. The van der Waals surface area contributed by atoms with E-state index in [1.54, 1.807) is 18.2 Å². The van der Waals surface area contributed by atoms with Crippen molar-refractivity contribution in [3.8, 4) is 0 Å². The molecule has 2 N–H and O–H groups in total. The van der Waals surface area contributed by atoms with Crippen LogP contribution in [0, 0.1) is 13.8 Å². The quantitative estimate of drug-likeness (QED) is 0.680. The molecule has 27 heavy (non-hydrogen) atoms. The summed E-state index contributed by atoms with van der Waals surface area (Å²) in [5.74, 6) is -0.728. The molecule has 0 saturated carbocycles. The number of hydrogen-bond acceptors (Lipinski definition) is 3. The third-order valence-corrected chi connectivity index (χ3v) is 4.40. The van der Waals surface area contributed by atoms with Gasteiger partial charge in [-0.25, -0.2) is 0 Å². The van der Waals surface area contributed by atoms with Crippen LogP contribution in [0.1, 0.15) is 32.0 Å². The van der Waals surface area contributed by atoms with E-state index < -0.39 is 5.91 Å². The molecule has 0 spiro atoms. The second-order valence-electron chi connectivity index (χ2n) is 6.17. The highest BCUT2D eigenvalue weighted by molar-refractivity contribution is 6.31. The number of nitrogens with one attached hydrogen (secondary N) is 2. The van der Waals surface area contributed by atoms with Crippen molar-refractivity contribution in [1.29, 1.82) is 0 Å².